The molecule has 0 aromatic carbocycles. The molecule has 0 fully saturated rings. The summed E-state index contributed by atoms with van der Waals surface area (Å²) in [5, 5.41) is 0. The number of hydrogen-bond acceptors (Lipinski definition) is 5. The summed E-state index contributed by atoms with van der Waals surface area (Å²) in [6.07, 6.45) is 0. The predicted molar refractivity (Wildman–Crippen MR) is 43.7 cm³/mol. The van der Waals surface area contributed by atoms with Crippen LogP contribution in [0.25, 0.3) is 0 Å². The molecular weight excluding hydrogens is 206 g/mol. The average Bonchev–Trinajstić information content (AvgIpc) is 2.02. The minimum atomic E-state index is -3.54. The fourth-order valence-corrected chi connectivity index (χ4v) is 1.56. The van der Waals surface area contributed by atoms with E-state index in [4.69, 9.17) is 20.6 Å². The quantitative estimate of drug-likeness (QED) is 0.284. The van der Waals surface area contributed by atoms with Gasteiger partial charge in [0, 0.05) is 0 Å². The van der Waals surface area contributed by atoms with Gasteiger partial charge in [-0.05, 0) is 13.8 Å². The Bertz CT molecular complexity index is 143. The second-order valence-corrected chi connectivity index (χ2v) is 3.36. The molecule has 0 bridgehead atoms. The zero-order valence-corrected chi connectivity index (χ0v) is 8.64. The lowest BCUT2D eigenvalue weighted by atomic mass is 10.9. The van der Waals surface area contributed by atoms with E-state index in [9.17, 15) is 4.57 Å². The van der Waals surface area contributed by atoms with Crippen molar-refractivity contribution in [3.63, 3.8) is 0 Å². The Hall–Kier alpha value is 0.360. The lowest BCUT2D eigenvalue weighted by molar-refractivity contribution is -0.209. The van der Waals surface area contributed by atoms with Crippen molar-refractivity contribution in [3.05, 3.63) is 0 Å². The van der Waals surface area contributed by atoms with Crippen molar-refractivity contribution in [2.45, 2.75) is 13.8 Å². The second kappa shape index (κ2) is 6.83. The van der Waals surface area contributed by atoms with Gasteiger partial charge in [-0.25, -0.2) is 9.45 Å². The van der Waals surface area contributed by atoms with Crippen molar-refractivity contribution >= 4 is 19.4 Å². The fraction of sp³-hybridized carbons (Fsp3) is 1.00. The van der Waals surface area contributed by atoms with Crippen molar-refractivity contribution in [2.24, 2.45) is 0 Å². The molecule has 0 aliphatic carbocycles. The van der Waals surface area contributed by atoms with Gasteiger partial charge in [0.25, 0.3) is 0 Å². The Morgan fingerprint density at radius 2 is 1.75 bits per heavy atom. The monoisotopic (exact) mass is 218 g/mol. The van der Waals surface area contributed by atoms with E-state index >= 15 is 0 Å². The van der Waals surface area contributed by atoms with E-state index in [1.54, 1.807) is 13.8 Å². The van der Waals surface area contributed by atoms with Crippen molar-refractivity contribution in [1.82, 2.24) is 0 Å². The van der Waals surface area contributed by atoms with Gasteiger partial charge in [-0.2, -0.15) is 0 Å². The Labute approximate surface area is 76.4 Å². The summed E-state index contributed by atoms with van der Waals surface area (Å²) in [5.74, 6) is 0. The van der Waals surface area contributed by atoms with Crippen LogP contribution in [0.5, 0.6) is 0 Å². The summed E-state index contributed by atoms with van der Waals surface area (Å²) in [6, 6.07) is -0.232. The molecule has 12 heavy (non-hydrogen) atoms. The largest absolute Gasteiger partial charge is 0.502 e. The second-order valence-electron chi connectivity index (χ2n) is 1.58. The lowest BCUT2D eigenvalue weighted by Gasteiger charge is -2.13. The first kappa shape index (κ1) is 12.4. The summed E-state index contributed by atoms with van der Waals surface area (Å²) in [7, 11) is -3.54. The molecular formula is C5H12ClO5P. The Morgan fingerprint density at radius 3 is 2.08 bits per heavy atom. The summed E-state index contributed by atoms with van der Waals surface area (Å²) >= 11 is 5.13. The molecule has 0 aromatic rings. The molecule has 0 atom stereocenters. The van der Waals surface area contributed by atoms with Gasteiger partial charge < -0.3 is 0 Å². The molecule has 0 unspecified atom stereocenters. The Morgan fingerprint density at radius 1 is 1.25 bits per heavy atom. The average molecular weight is 219 g/mol. The molecule has 0 amide bonds. The third-order valence-corrected chi connectivity index (χ3v) is 2.29. The van der Waals surface area contributed by atoms with Gasteiger partial charge in [-0.1, -0.05) is 11.6 Å². The van der Waals surface area contributed by atoms with E-state index in [1.807, 2.05) is 0 Å². The van der Waals surface area contributed by atoms with Crippen LogP contribution in [0.3, 0.4) is 0 Å². The maximum atomic E-state index is 11.3. The minimum Gasteiger partial charge on any atom is -0.286 e. The first-order valence-corrected chi connectivity index (χ1v) is 5.44. The van der Waals surface area contributed by atoms with E-state index in [-0.39, 0.29) is 19.3 Å². The van der Waals surface area contributed by atoms with Crippen LogP contribution >= 0.6 is 19.4 Å². The first-order chi connectivity index (χ1) is 5.68. The standard InChI is InChI=1S/C5H12ClO5P/c1-3-9-12(7,10-4-2)11-8-5-6/h3-5H2,1-2H3. The van der Waals surface area contributed by atoms with Gasteiger partial charge in [0.2, 0.25) is 0 Å². The predicted octanol–water partition coefficient (Wildman–Crippen LogP) is 2.31. The van der Waals surface area contributed by atoms with Gasteiger partial charge >= 0.3 is 7.82 Å². The van der Waals surface area contributed by atoms with E-state index in [0.29, 0.717) is 0 Å². The number of phosphoric acid groups is 1. The Balaban J connectivity index is 3.90. The molecule has 0 saturated carbocycles. The molecule has 7 heteroatoms. The smallest absolute Gasteiger partial charge is 0.286 e. The molecule has 0 aromatic heterocycles. The van der Waals surface area contributed by atoms with Crippen LogP contribution in [0.4, 0.5) is 0 Å². The molecule has 0 spiro atoms. The van der Waals surface area contributed by atoms with Crippen LogP contribution in [-0.2, 0) is 23.2 Å². The molecule has 74 valence electrons. The molecule has 0 heterocycles. The topological polar surface area (TPSA) is 54.0 Å². The minimum absolute atomic E-state index is 0.211. The van der Waals surface area contributed by atoms with Crippen LogP contribution in [0.15, 0.2) is 0 Å². The van der Waals surface area contributed by atoms with Gasteiger partial charge in [0.05, 0.1) is 13.2 Å². The highest BCUT2D eigenvalue weighted by atomic mass is 35.5. The molecule has 0 aliphatic heterocycles. The maximum Gasteiger partial charge on any atom is 0.502 e. The highest BCUT2D eigenvalue weighted by molar-refractivity contribution is 7.48. The highest BCUT2D eigenvalue weighted by Crippen LogP contribution is 2.49. The van der Waals surface area contributed by atoms with Gasteiger partial charge in [0.15, 0.2) is 6.07 Å². The lowest BCUT2D eigenvalue weighted by Crippen LogP contribution is -2.00. The first-order valence-electron chi connectivity index (χ1n) is 3.44. The molecule has 5 nitrogen and oxygen atoms in total. The van der Waals surface area contributed by atoms with Crippen molar-refractivity contribution in [1.29, 1.82) is 0 Å². The summed E-state index contributed by atoms with van der Waals surface area (Å²) in [4.78, 5) is 4.26. The molecule has 0 radical (unpaired) electrons. The summed E-state index contributed by atoms with van der Waals surface area (Å²) in [6.45, 7) is 3.75. The third-order valence-electron chi connectivity index (χ3n) is 0.763. The zero-order valence-electron chi connectivity index (χ0n) is 6.99. The van der Waals surface area contributed by atoms with Crippen molar-refractivity contribution in [3.8, 4) is 0 Å². The fourth-order valence-electron chi connectivity index (χ4n) is 0.481. The van der Waals surface area contributed by atoms with Crippen LogP contribution in [0, 0.1) is 0 Å². The number of hydrogen-bond donors (Lipinski definition) is 0. The van der Waals surface area contributed by atoms with Crippen LogP contribution in [0.2, 0.25) is 0 Å². The Kier molecular flexibility index (Phi) is 7.04. The zero-order chi connectivity index (χ0) is 9.45. The SMILES string of the molecule is CCOP(=O)(OCC)OOCCl. The van der Waals surface area contributed by atoms with Gasteiger partial charge in [0.1, 0.15) is 0 Å². The van der Waals surface area contributed by atoms with Gasteiger partial charge in [-0.3, -0.25) is 9.05 Å². The van der Waals surface area contributed by atoms with E-state index < -0.39 is 7.82 Å². The highest BCUT2D eigenvalue weighted by Gasteiger charge is 2.26. The number of alkyl halides is 1. The number of phosphoric ester groups is 1. The molecule has 0 rings (SSSR count). The third kappa shape index (κ3) is 5.09. The maximum absolute atomic E-state index is 11.3. The normalized spacial score (nSPS) is 11.9. The molecule has 0 saturated heterocycles. The van der Waals surface area contributed by atoms with Crippen LogP contribution < -0.4 is 0 Å². The molecule has 0 aliphatic rings. The van der Waals surface area contributed by atoms with Crippen molar-refractivity contribution < 1.29 is 23.2 Å². The number of rotatable bonds is 7. The number of halogens is 1. The van der Waals surface area contributed by atoms with E-state index in [0.717, 1.165) is 0 Å². The van der Waals surface area contributed by atoms with Gasteiger partial charge in [-0.15, -0.1) is 4.67 Å². The van der Waals surface area contributed by atoms with E-state index in [1.165, 1.54) is 0 Å². The summed E-state index contributed by atoms with van der Waals surface area (Å²) in [5.41, 5.74) is 0. The van der Waals surface area contributed by atoms with Crippen LogP contribution in [-0.4, -0.2) is 19.3 Å². The summed E-state index contributed by atoms with van der Waals surface area (Å²) < 4.78 is 25.1. The van der Waals surface area contributed by atoms with Crippen LogP contribution in [0.1, 0.15) is 13.8 Å². The molecule has 0 N–H and O–H groups in total. The van der Waals surface area contributed by atoms with Crippen molar-refractivity contribution in [2.75, 3.05) is 19.3 Å². The van der Waals surface area contributed by atoms with E-state index in [2.05, 4.69) is 9.56 Å².